The van der Waals surface area contributed by atoms with E-state index in [1.807, 2.05) is 12.1 Å². The summed E-state index contributed by atoms with van der Waals surface area (Å²) >= 11 is 3.60. The van der Waals surface area contributed by atoms with Gasteiger partial charge in [0.1, 0.15) is 6.04 Å². The molecule has 0 aromatic heterocycles. The minimum atomic E-state index is -0.560. The predicted molar refractivity (Wildman–Crippen MR) is 81.9 cm³/mol. The van der Waals surface area contributed by atoms with Crippen molar-refractivity contribution in [2.24, 2.45) is 11.7 Å². The second-order valence-electron chi connectivity index (χ2n) is 5.41. The van der Waals surface area contributed by atoms with Crippen LogP contribution in [0.1, 0.15) is 18.0 Å². The molecule has 108 valence electrons. The first kappa shape index (κ1) is 13.9. The van der Waals surface area contributed by atoms with E-state index in [0.29, 0.717) is 5.92 Å². The molecule has 3 rings (SSSR count). The summed E-state index contributed by atoms with van der Waals surface area (Å²) < 4.78 is 6.22. The highest BCUT2D eigenvalue weighted by atomic mass is 79.9. The van der Waals surface area contributed by atoms with Crippen molar-refractivity contribution in [2.75, 3.05) is 37.0 Å². The SMILES string of the molecule is COCC1CCN(c2cc3c(cc2Br)C(N)C(=O)N3)C1. The minimum Gasteiger partial charge on any atom is -0.384 e. The van der Waals surface area contributed by atoms with E-state index in [1.54, 1.807) is 7.11 Å². The van der Waals surface area contributed by atoms with Crippen LogP contribution in [-0.4, -0.2) is 32.7 Å². The lowest BCUT2D eigenvalue weighted by atomic mass is 10.1. The number of halogens is 1. The molecule has 0 spiro atoms. The van der Waals surface area contributed by atoms with Crippen molar-refractivity contribution >= 4 is 33.2 Å². The number of anilines is 2. The molecule has 1 saturated heterocycles. The second-order valence-corrected chi connectivity index (χ2v) is 6.27. The van der Waals surface area contributed by atoms with Crippen molar-refractivity contribution in [1.29, 1.82) is 0 Å². The number of methoxy groups -OCH3 is 1. The Kier molecular flexibility index (Phi) is 3.70. The second kappa shape index (κ2) is 5.35. The molecule has 0 bridgehead atoms. The van der Waals surface area contributed by atoms with E-state index in [9.17, 15) is 4.79 Å². The Balaban J connectivity index is 1.86. The molecule has 0 saturated carbocycles. The van der Waals surface area contributed by atoms with E-state index in [-0.39, 0.29) is 5.91 Å². The molecule has 1 aromatic carbocycles. The lowest BCUT2D eigenvalue weighted by Gasteiger charge is -2.21. The number of amides is 1. The summed E-state index contributed by atoms with van der Waals surface area (Å²) in [4.78, 5) is 14.0. The number of nitrogens with two attached hydrogens (primary N) is 1. The predicted octanol–water partition coefficient (Wildman–Crippen LogP) is 1.87. The summed E-state index contributed by atoms with van der Waals surface area (Å²) in [7, 11) is 1.74. The van der Waals surface area contributed by atoms with Gasteiger partial charge >= 0.3 is 0 Å². The smallest absolute Gasteiger partial charge is 0.245 e. The number of benzene rings is 1. The quantitative estimate of drug-likeness (QED) is 0.882. The first-order chi connectivity index (χ1) is 9.60. The third-order valence-corrected chi connectivity index (χ3v) is 4.66. The van der Waals surface area contributed by atoms with Gasteiger partial charge < -0.3 is 20.7 Å². The van der Waals surface area contributed by atoms with Crippen molar-refractivity contribution in [3.05, 3.63) is 22.2 Å². The molecule has 3 N–H and O–H groups in total. The first-order valence-corrected chi connectivity index (χ1v) is 7.53. The number of nitrogens with one attached hydrogen (secondary N) is 1. The monoisotopic (exact) mass is 339 g/mol. The zero-order valence-electron chi connectivity index (χ0n) is 11.4. The summed E-state index contributed by atoms with van der Waals surface area (Å²) in [5.41, 5.74) is 8.66. The Morgan fingerprint density at radius 1 is 1.55 bits per heavy atom. The van der Waals surface area contributed by atoms with Gasteiger partial charge in [-0.3, -0.25) is 4.79 Å². The topological polar surface area (TPSA) is 67.6 Å². The van der Waals surface area contributed by atoms with Crippen LogP contribution in [0.2, 0.25) is 0 Å². The highest BCUT2D eigenvalue weighted by Gasteiger charge is 2.30. The van der Waals surface area contributed by atoms with Gasteiger partial charge in [-0.25, -0.2) is 0 Å². The van der Waals surface area contributed by atoms with Crippen LogP contribution >= 0.6 is 15.9 Å². The fraction of sp³-hybridized carbons (Fsp3) is 0.500. The number of nitrogens with zero attached hydrogens (tertiary/aromatic N) is 1. The summed E-state index contributed by atoms with van der Waals surface area (Å²) in [6.45, 7) is 2.78. The summed E-state index contributed by atoms with van der Waals surface area (Å²) in [6, 6.07) is 3.41. The molecule has 1 amide bonds. The van der Waals surface area contributed by atoms with Crippen molar-refractivity contribution in [1.82, 2.24) is 0 Å². The molecule has 20 heavy (non-hydrogen) atoms. The number of hydrogen-bond acceptors (Lipinski definition) is 4. The van der Waals surface area contributed by atoms with Crippen LogP contribution in [0, 0.1) is 5.92 Å². The molecular formula is C14H18BrN3O2. The Morgan fingerprint density at radius 3 is 3.10 bits per heavy atom. The minimum absolute atomic E-state index is 0.136. The summed E-state index contributed by atoms with van der Waals surface area (Å²) in [5, 5.41) is 2.84. The molecule has 2 atom stereocenters. The maximum atomic E-state index is 11.6. The largest absolute Gasteiger partial charge is 0.384 e. The Labute approximate surface area is 126 Å². The molecule has 5 nitrogen and oxygen atoms in total. The van der Waals surface area contributed by atoms with Gasteiger partial charge in [-0.2, -0.15) is 0 Å². The molecule has 2 aliphatic heterocycles. The normalized spacial score (nSPS) is 24.9. The molecule has 2 heterocycles. The number of rotatable bonds is 3. The summed E-state index contributed by atoms with van der Waals surface area (Å²) in [6.07, 6.45) is 1.13. The highest BCUT2D eigenvalue weighted by molar-refractivity contribution is 9.10. The maximum Gasteiger partial charge on any atom is 0.245 e. The fourth-order valence-electron chi connectivity index (χ4n) is 2.96. The van der Waals surface area contributed by atoms with Gasteiger partial charge in [-0.05, 0) is 34.5 Å². The zero-order valence-corrected chi connectivity index (χ0v) is 12.9. The van der Waals surface area contributed by atoms with Crippen LogP contribution < -0.4 is 16.0 Å². The average molecular weight is 340 g/mol. The Hall–Kier alpha value is -1.11. The lowest BCUT2D eigenvalue weighted by Crippen LogP contribution is -2.21. The molecule has 1 aromatic rings. The van der Waals surface area contributed by atoms with E-state index in [0.717, 1.165) is 47.5 Å². The molecule has 2 unspecified atom stereocenters. The number of ether oxygens (including phenoxy) is 1. The third-order valence-electron chi connectivity index (χ3n) is 4.02. The first-order valence-electron chi connectivity index (χ1n) is 6.74. The molecule has 6 heteroatoms. The van der Waals surface area contributed by atoms with E-state index in [4.69, 9.17) is 10.5 Å². The standard InChI is InChI=1S/C14H18BrN3O2/c1-20-7-8-2-3-18(6-8)12-5-11-9(4-10(12)15)13(16)14(19)17-11/h4-5,8,13H,2-3,6-7,16H2,1H3,(H,17,19). The maximum absolute atomic E-state index is 11.6. The Morgan fingerprint density at radius 2 is 2.35 bits per heavy atom. The number of hydrogen-bond donors (Lipinski definition) is 2. The number of carbonyl (C=O) groups is 1. The van der Waals surface area contributed by atoms with Gasteiger partial charge in [0.2, 0.25) is 5.91 Å². The van der Waals surface area contributed by atoms with Crippen LogP contribution in [0.3, 0.4) is 0 Å². The highest BCUT2D eigenvalue weighted by Crippen LogP contribution is 2.39. The van der Waals surface area contributed by atoms with E-state index in [1.165, 1.54) is 0 Å². The zero-order chi connectivity index (χ0) is 14.3. The molecule has 2 aliphatic rings. The van der Waals surface area contributed by atoms with E-state index in [2.05, 4.69) is 26.1 Å². The van der Waals surface area contributed by atoms with Gasteiger partial charge in [0.25, 0.3) is 0 Å². The van der Waals surface area contributed by atoms with Gasteiger partial charge in [0, 0.05) is 41.8 Å². The van der Waals surface area contributed by atoms with Gasteiger partial charge in [0.05, 0.1) is 12.3 Å². The Bertz CT molecular complexity index is 549. The fourth-order valence-corrected chi connectivity index (χ4v) is 3.57. The third kappa shape index (κ3) is 2.32. The van der Waals surface area contributed by atoms with Crippen molar-refractivity contribution in [3.63, 3.8) is 0 Å². The molecule has 0 aliphatic carbocycles. The molecule has 1 fully saturated rings. The summed E-state index contributed by atoms with van der Waals surface area (Å²) in [5.74, 6) is 0.430. The average Bonchev–Trinajstić information content (AvgIpc) is 2.97. The van der Waals surface area contributed by atoms with Crippen molar-refractivity contribution in [2.45, 2.75) is 12.5 Å². The van der Waals surface area contributed by atoms with Crippen LogP contribution in [0.4, 0.5) is 11.4 Å². The number of fused-ring (bicyclic) bond motifs is 1. The van der Waals surface area contributed by atoms with Crippen molar-refractivity contribution in [3.8, 4) is 0 Å². The van der Waals surface area contributed by atoms with Gasteiger partial charge in [-0.1, -0.05) is 0 Å². The number of carbonyl (C=O) groups excluding carboxylic acids is 1. The van der Waals surface area contributed by atoms with E-state index >= 15 is 0 Å². The molecule has 0 radical (unpaired) electrons. The van der Waals surface area contributed by atoms with Crippen LogP contribution in [-0.2, 0) is 9.53 Å². The lowest BCUT2D eigenvalue weighted by molar-refractivity contribution is -0.116. The van der Waals surface area contributed by atoms with Crippen LogP contribution in [0.15, 0.2) is 16.6 Å². The van der Waals surface area contributed by atoms with Crippen molar-refractivity contribution < 1.29 is 9.53 Å². The molecular weight excluding hydrogens is 322 g/mol. The van der Waals surface area contributed by atoms with E-state index < -0.39 is 6.04 Å². The van der Waals surface area contributed by atoms with Crippen LogP contribution in [0.5, 0.6) is 0 Å². The van der Waals surface area contributed by atoms with Crippen LogP contribution in [0.25, 0.3) is 0 Å². The van der Waals surface area contributed by atoms with Gasteiger partial charge in [0.15, 0.2) is 0 Å². The van der Waals surface area contributed by atoms with Gasteiger partial charge in [-0.15, -0.1) is 0 Å².